The summed E-state index contributed by atoms with van der Waals surface area (Å²) in [5, 5.41) is 7.93. The first-order chi connectivity index (χ1) is 11.3. The number of carbonyl (C=O) groups is 1. The Kier molecular flexibility index (Phi) is 6.11. The highest BCUT2D eigenvalue weighted by Gasteiger charge is 2.07. The van der Waals surface area contributed by atoms with Crippen LogP contribution in [0.25, 0.3) is 0 Å². The van der Waals surface area contributed by atoms with E-state index in [1.165, 1.54) is 17.7 Å². The van der Waals surface area contributed by atoms with Crippen LogP contribution in [-0.2, 0) is 27.7 Å². The molecule has 0 saturated carbocycles. The van der Waals surface area contributed by atoms with Crippen LogP contribution in [0, 0.1) is 6.92 Å². The summed E-state index contributed by atoms with van der Waals surface area (Å²) in [6.45, 7) is 2.55. The van der Waals surface area contributed by atoms with Crippen molar-refractivity contribution in [2.45, 2.75) is 31.1 Å². The minimum Gasteiger partial charge on any atom is -0.356 e. The Bertz CT molecular complexity index is 799. The molecule has 0 bridgehead atoms. The second kappa shape index (κ2) is 8.08. The maximum atomic E-state index is 11.9. The second-order valence-electron chi connectivity index (χ2n) is 5.78. The van der Waals surface area contributed by atoms with E-state index >= 15 is 0 Å². The van der Waals surface area contributed by atoms with Crippen LogP contribution in [0.15, 0.2) is 53.4 Å². The van der Waals surface area contributed by atoms with Gasteiger partial charge in [-0.3, -0.25) is 4.79 Å². The normalized spacial score (nSPS) is 11.2. The van der Waals surface area contributed by atoms with Crippen molar-refractivity contribution in [2.75, 3.05) is 6.54 Å². The molecule has 0 radical (unpaired) electrons. The number of primary sulfonamides is 1. The molecule has 2 aromatic rings. The van der Waals surface area contributed by atoms with E-state index in [2.05, 4.69) is 11.4 Å². The monoisotopic (exact) mass is 346 g/mol. The summed E-state index contributed by atoms with van der Waals surface area (Å²) in [7, 11) is -3.66. The minimum absolute atomic E-state index is 0.0117. The number of carbonyl (C=O) groups excluding carboxylic acids is 1. The average Bonchev–Trinajstić information content (AvgIpc) is 2.53. The molecule has 6 heteroatoms. The fourth-order valence-corrected chi connectivity index (χ4v) is 2.92. The van der Waals surface area contributed by atoms with Gasteiger partial charge in [-0.2, -0.15) is 0 Å². The zero-order valence-corrected chi connectivity index (χ0v) is 14.5. The zero-order valence-electron chi connectivity index (χ0n) is 13.7. The predicted molar refractivity (Wildman–Crippen MR) is 94.0 cm³/mol. The van der Waals surface area contributed by atoms with Crippen LogP contribution in [0.1, 0.15) is 23.1 Å². The largest absolute Gasteiger partial charge is 0.356 e. The number of rotatable bonds is 7. The van der Waals surface area contributed by atoms with Gasteiger partial charge in [-0.05, 0) is 43.0 Å². The second-order valence-corrected chi connectivity index (χ2v) is 7.34. The van der Waals surface area contributed by atoms with E-state index in [1.807, 2.05) is 25.1 Å². The number of amides is 1. The topological polar surface area (TPSA) is 89.3 Å². The van der Waals surface area contributed by atoms with E-state index in [9.17, 15) is 13.2 Å². The quantitative estimate of drug-likeness (QED) is 0.803. The van der Waals surface area contributed by atoms with Crippen LogP contribution in [0.2, 0.25) is 0 Å². The lowest BCUT2D eigenvalue weighted by Crippen LogP contribution is -2.25. The third-order valence-electron chi connectivity index (χ3n) is 3.71. The fraction of sp³-hybridized carbons (Fsp3) is 0.278. The highest BCUT2D eigenvalue weighted by Crippen LogP contribution is 2.09. The van der Waals surface area contributed by atoms with Crippen molar-refractivity contribution < 1.29 is 13.2 Å². The van der Waals surface area contributed by atoms with Crippen molar-refractivity contribution in [1.29, 1.82) is 0 Å². The lowest BCUT2D eigenvalue weighted by Gasteiger charge is -2.07. The SMILES string of the molecule is Cc1cccc(CCC(=O)NCCc2ccc(S(N)(=O)=O)cc2)c1. The Morgan fingerprint density at radius 2 is 1.75 bits per heavy atom. The molecule has 0 aliphatic rings. The summed E-state index contributed by atoms with van der Waals surface area (Å²) < 4.78 is 22.4. The Morgan fingerprint density at radius 3 is 2.38 bits per heavy atom. The summed E-state index contributed by atoms with van der Waals surface area (Å²) in [6, 6.07) is 14.5. The maximum absolute atomic E-state index is 11.9. The molecular weight excluding hydrogens is 324 g/mol. The number of hydrogen-bond donors (Lipinski definition) is 2. The molecular formula is C18H22N2O3S. The Hall–Kier alpha value is -2.18. The number of benzene rings is 2. The van der Waals surface area contributed by atoms with E-state index in [0.717, 1.165) is 17.5 Å². The number of hydrogen-bond acceptors (Lipinski definition) is 3. The third-order valence-corrected chi connectivity index (χ3v) is 4.64. The molecule has 0 fully saturated rings. The molecule has 0 unspecified atom stereocenters. The van der Waals surface area contributed by atoms with Gasteiger partial charge < -0.3 is 5.32 Å². The number of nitrogens with one attached hydrogen (secondary N) is 1. The van der Waals surface area contributed by atoms with Crippen LogP contribution in [0.5, 0.6) is 0 Å². The molecule has 0 saturated heterocycles. The zero-order chi connectivity index (χ0) is 17.6. The standard InChI is InChI=1S/C18H22N2O3S/c1-14-3-2-4-16(13-14)7-10-18(21)20-12-11-15-5-8-17(9-6-15)24(19,22)23/h2-6,8-9,13H,7,10-12H2,1H3,(H,20,21)(H2,19,22,23). The first kappa shape index (κ1) is 18.2. The number of aryl methyl sites for hydroxylation is 2. The van der Waals surface area contributed by atoms with Gasteiger partial charge in [0, 0.05) is 13.0 Å². The van der Waals surface area contributed by atoms with Crippen molar-refractivity contribution >= 4 is 15.9 Å². The molecule has 2 rings (SSSR count). The van der Waals surface area contributed by atoms with Crippen molar-refractivity contribution in [1.82, 2.24) is 5.32 Å². The molecule has 0 aliphatic carbocycles. The molecule has 5 nitrogen and oxygen atoms in total. The van der Waals surface area contributed by atoms with Gasteiger partial charge in [-0.1, -0.05) is 42.0 Å². The van der Waals surface area contributed by atoms with E-state index in [4.69, 9.17) is 5.14 Å². The lowest BCUT2D eigenvalue weighted by molar-refractivity contribution is -0.121. The maximum Gasteiger partial charge on any atom is 0.238 e. The van der Waals surface area contributed by atoms with Gasteiger partial charge in [0.15, 0.2) is 0 Å². The van der Waals surface area contributed by atoms with E-state index in [-0.39, 0.29) is 10.8 Å². The van der Waals surface area contributed by atoms with E-state index in [1.54, 1.807) is 12.1 Å². The van der Waals surface area contributed by atoms with Crippen molar-refractivity contribution in [3.05, 3.63) is 65.2 Å². The minimum atomic E-state index is -3.66. The first-order valence-corrected chi connectivity index (χ1v) is 9.33. The van der Waals surface area contributed by atoms with Crippen molar-refractivity contribution in [3.8, 4) is 0 Å². The molecule has 0 aliphatic heterocycles. The van der Waals surface area contributed by atoms with Gasteiger partial charge in [0.1, 0.15) is 0 Å². The van der Waals surface area contributed by atoms with Crippen LogP contribution >= 0.6 is 0 Å². The molecule has 24 heavy (non-hydrogen) atoms. The summed E-state index contributed by atoms with van der Waals surface area (Å²) in [6.07, 6.45) is 1.81. The summed E-state index contributed by atoms with van der Waals surface area (Å²) >= 11 is 0. The Labute approximate surface area is 142 Å². The third kappa shape index (κ3) is 5.79. The molecule has 0 atom stereocenters. The predicted octanol–water partition coefficient (Wildman–Crippen LogP) is 1.93. The van der Waals surface area contributed by atoms with Gasteiger partial charge in [-0.15, -0.1) is 0 Å². The smallest absolute Gasteiger partial charge is 0.238 e. The van der Waals surface area contributed by atoms with Crippen LogP contribution in [0.4, 0.5) is 0 Å². The van der Waals surface area contributed by atoms with Crippen LogP contribution in [-0.4, -0.2) is 20.9 Å². The van der Waals surface area contributed by atoms with Crippen molar-refractivity contribution in [2.24, 2.45) is 5.14 Å². The van der Waals surface area contributed by atoms with Crippen LogP contribution in [0.3, 0.4) is 0 Å². The molecule has 3 N–H and O–H groups in total. The molecule has 2 aromatic carbocycles. The van der Waals surface area contributed by atoms with Crippen LogP contribution < -0.4 is 10.5 Å². The molecule has 128 valence electrons. The fourth-order valence-electron chi connectivity index (χ4n) is 2.41. The molecule has 1 amide bonds. The highest BCUT2D eigenvalue weighted by atomic mass is 32.2. The summed E-state index contributed by atoms with van der Waals surface area (Å²) in [5.74, 6) is 0.0117. The molecule has 0 heterocycles. The molecule has 0 aromatic heterocycles. The van der Waals surface area contributed by atoms with Crippen molar-refractivity contribution in [3.63, 3.8) is 0 Å². The summed E-state index contributed by atoms with van der Waals surface area (Å²) in [5.41, 5.74) is 3.29. The van der Waals surface area contributed by atoms with E-state index < -0.39 is 10.0 Å². The Morgan fingerprint density at radius 1 is 1.04 bits per heavy atom. The van der Waals surface area contributed by atoms with Gasteiger partial charge in [0.25, 0.3) is 0 Å². The van der Waals surface area contributed by atoms with Gasteiger partial charge in [-0.25, -0.2) is 13.6 Å². The number of sulfonamides is 1. The van der Waals surface area contributed by atoms with Gasteiger partial charge in [0.05, 0.1) is 4.90 Å². The van der Waals surface area contributed by atoms with Gasteiger partial charge >= 0.3 is 0 Å². The average molecular weight is 346 g/mol. The van der Waals surface area contributed by atoms with E-state index in [0.29, 0.717) is 19.4 Å². The van der Waals surface area contributed by atoms with Gasteiger partial charge in [0.2, 0.25) is 15.9 Å². The lowest BCUT2D eigenvalue weighted by atomic mass is 10.1. The molecule has 0 spiro atoms. The number of nitrogens with two attached hydrogens (primary N) is 1. The highest BCUT2D eigenvalue weighted by molar-refractivity contribution is 7.89. The summed E-state index contributed by atoms with van der Waals surface area (Å²) in [4.78, 5) is 12.0. The first-order valence-electron chi connectivity index (χ1n) is 7.78. The Balaban J connectivity index is 1.74.